The van der Waals surface area contributed by atoms with E-state index in [2.05, 4.69) is 16.0 Å². The van der Waals surface area contributed by atoms with Gasteiger partial charge in [0.2, 0.25) is 0 Å². The predicted octanol–water partition coefficient (Wildman–Crippen LogP) is 2.73. The molecule has 0 saturated carbocycles. The molecule has 1 aliphatic rings. The first-order chi connectivity index (χ1) is 14.0. The molecule has 3 rings (SSSR count). The van der Waals surface area contributed by atoms with Gasteiger partial charge in [0.25, 0.3) is 11.8 Å². The third kappa shape index (κ3) is 6.00. The first kappa shape index (κ1) is 20.8. The van der Waals surface area contributed by atoms with Gasteiger partial charge >= 0.3 is 0 Å². The van der Waals surface area contributed by atoms with Gasteiger partial charge in [-0.2, -0.15) is 0 Å². The summed E-state index contributed by atoms with van der Waals surface area (Å²) >= 11 is 5.19. The zero-order valence-electron chi connectivity index (χ0n) is 16.1. The second kappa shape index (κ2) is 9.99. The minimum Gasteiger partial charge on any atom is -0.497 e. The van der Waals surface area contributed by atoms with Crippen LogP contribution >= 0.6 is 12.2 Å². The van der Waals surface area contributed by atoms with Crippen molar-refractivity contribution in [1.82, 2.24) is 10.6 Å². The molecule has 0 spiro atoms. The average molecular weight is 413 g/mol. The van der Waals surface area contributed by atoms with Crippen LogP contribution in [0.25, 0.3) is 0 Å². The van der Waals surface area contributed by atoms with Gasteiger partial charge in [0.05, 0.1) is 13.2 Å². The van der Waals surface area contributed by atoms with E-state index in [-0.39, 0.29) is 23.0 Å². The van der Waals surface area contributed by atoms with Crippen molar-refractivity contribution in [3.8, 4) is 5.75 Å². The van der Waals surface area contributed by atoms with Crippen LogP contribution in [0.1, 0.15) is 33.6 Å². The number of hydrogen-bond acceptors (Lipinski definition) is 5. The zero-order chi connectivity index (χ0) is 20.6. The fourth-order valence-electron chi connectivity index (χ4n) is 2.90. The van der Waals surface area contributed by atoms with Crippen LogP contribution in [0, 0.1) is 0 Å². The Hall–Kier alpha value is -2.97. The fourth-order valence-corrected chi connectivity index (χ4v) is 3.11. The van der Waals surface area contributed by atoms with Crippen molar-refractivity contribution in [3.63, 3.8) is 0 Å². The van der Waals surface area contributed by atoms with Crippen molar-refractivity contribution >= 4 is 34.8 Å². The van der Waals surface area contributed by atoms with E-state index in [0.29, 0.717) is 29.1 Å². The maximum Gasteiger partial charge on any atom is 0.257 e. The highest BCUT2D eigenvalue weighted by molar-refractivity contribution is 7.80. The quantitative estimate of drug-likeness (QED) is 0.631. The Morgan fingerprint density at radius 3 is 2.34 bits per heavy atom. The van der Waals surface area contributed by atoms with E-state index >= 15 is 0 Å². The smallest absolute Gasteiger partial charge is 0.257 e. The van der Waals surface area contributed by atoms with Gasteiger partial charge in [0.1, 0.15) is 5.75 Å². The normalized spacial score (nSPS) is 15.4. The lowest BCUT2D eigenvalue weighted by atomic mass is 10.2. The molecule has 29 heavy (non-hydrogen) atoms. The van der Waals surface area contributed by atoms with Crippen LogP contribution in [0.2, 0.25) is 0 Å². The number of carbonyl (C=O) groups is 2. The number of benzene rings is 2. The Kier molecular flexibility index (Phi) is 7.15. The maximum absolute atomic E-state index is 12.2. The highest BCUT2D eigenvalue weighted by Gasteiger charge is 2.16. The molecule has 1 aliphatic heterocycles. The molecule has 2 amide bonds. The van der Waals surface area contributed by atoms with E-state index in [1.807, 2.05) is 0 Å². The van der Waals surface area contributed by atoms with Gasteiger partial charge in [-0.15, -0.1) is 0 Å². The second-order valence-corrected chi connectivity index (χ2v) is 6.97. The summed E-state index contributed by atoms with van der Waals surface area (Å²) in [4.78, 5) is 24.4. The van der Waals surface area contributed by atoms with Crippen molar-refractivity contribution in [2.24, 2.45) is 0 Å². The van der Waals surface area contributed by atoms with Crippen LogP contribution in [0.4, 0.5) is 5.69 Å². The van der Waals surface area contributed by atoms with Crippen molar-refractivity contribution in [2.75, 3.05) is 25.6 Å². The molecule has 152 valence electrons. The molecule has 2 aromatic rings. The standard InChI is InChI=1S/C21H23N3O4S/c1-27-17-10-6-15(7-11-17)20(26)24-21(29)23-16-8-4-14(5-9-16)19(25)22-13-18-3-2-12-28-18/h4-11,18H,2-3,12-13H2,1H3,(H,22,25)(H2,23,24,26,29). The Labute approximate surface area is 174 Å². The van der Waals surface area contributed by atoms with Gasteiger partial charge in [-0.3, -0.25) is 14.9 Å². The summed E-state index contributed by atoms with van der Waals surface area (Å²) in [6.45, 7) is 1.27. The number of anilines is 1. The molecule has 3 N–H and O–H groups in total. The monoisotopic (exact) mass is 413 g/mol. The molecular weight excluding hydrogens is 390 g/mol. The molecule has 2 aromatic carbocycles. The molecule has 0 aliphatic carbocycles. The number of amides is 2. The van der Waals surface area contributed by atoms with Gasteiger partial charge in [-0.25, -0.2) is 0 Å². The molecule has 1 unspecified atom stereocenters. The average Bonchev–Trinajstić information content (AvgIpc) is 3.26. The molecule has 0 aromatic heterocycles. The second-order valence-electron chi connectivity index (χ2n) is 6.56. The Morgan fingerprint density at radius 1 is 1.07 bits per heavy atom. The molecule has 0 radical (unpaired) electrons. The molecule has 1 atom stereocenters. The van der Waals surface area contributed by atoms with E-state index in [0.717, 1.165) is 19.4 Å². The summed E-state index contributed by atoms with van der Waals surface area (Å²) in [7, 11) is 1.56. The van der Waals surface area contributed by atoms with Gasteiger partial charge < -0.3 is 20.1 Å². The Bertz CT molecular complexity index is 862. The van der Waals surface area contributed by atoms with Crippen molar-refractivity contribution in [2.45, 2.75) is 18.9 Å². The fraction of sp³-hybridized carbons (Fsp3) is 0.286. The van der Waals surface area contributed by atoms with Crippen molar-refractivity contribution in [1.29, 1.82) is 0 Å². The number of thiocarbonyl (C=S) groups is 1. The van der Waals surface area contributed by atoms with Crippen molar-refractivity contribution < 1.29 is 19.1 Å². The molecule has 1 fully saturated rings. The molecule has 1 saturated heterocycles. The highest BCUT2D eigenvalue weighted by Crippen LogP contribution is 2.13. The molecule has 7 nitrogen and oxygen atoms in total. The zero-order valence-corrected chi connectivity index (χ0v) is 16.9. The van der Waals surface area contributed by atoms with E-state index in [1.54, 1.807) is 55.6 Å². The highest BCUT2D eigenvalue weighted by atomic mass is 32.1. The Morgan fingerprint density at radius 2 is 1.72 bits per heavy atom. The lowest BCUT2D eigenvalue weighted by Gasteiger charge is -2.12. The third-order valence-electron chi connectivity index (χ3n) is 4.50. The van der Waals surface area contributed by atoms with Gasteiger partial charge in [-0.05, 0) is 73.6 Å². The largest absolute Gasteiger partial charge is 0.497 e. The summed E-state index contributed by atoms with van der Waals surface area (Å²) in [5.41, 5.74) is 1.68. The van der Waals surface area contributed by atoms with Gasteiger partial charge in [-0.1, -0.05) is 0 Å². The molecular formula is C21H23N3O4S. The summed E-state index contributed by atoms with van der Waals surface area (Å²) < 4.78 is 10.6. The summed E-state index contributed by atoms with van der Waals surface area (Å²) in [6, 6.07) is 13.6. The number of methoxy groups -OCH3 is 1. The topological polar surface area (TPSA) is 88.7 Å². The van der Waals surface area contributed by atoms with Crippen LogP contribution in [0.5, 0.6) is 5.75 Å². The molecule has 1 heterocycles. The lowest BCUT2D eigenvalue weighted by molar-refractivity contribution is 0.0857. The SMILES string of the molecule is COc1ccc(C(=O)NC(=S)Nc2ccc(C(=O)NCC3CCCO3)cc2)cc1. The molecule has 8 heteroatoms. The number of carbonyl (C=O) groups excluding carboxylic acids is 2. The number of ether oxygens (including phenoxy) is 2. The first-order valence-electron chi connectivity index (χ1n) is 9.31. The lowest BCUT2D eigenvalue weighted by Crippen LogP contribution is -2.34. The van der Waals surface area contributed by atoms with Gasteiger partial charge in [0.15, 0.2) is 5.11 Å². The van der Waals surface area contributed by atoms with Crippen LogP contribution in [-0.2, 0) is 4.74 Å². The summed E-state index contributed by atoms with van der Waals surface area (Å²) in [6.07, 6.45) is 2.12. The predicted molar refractivity (Wildman–Crippen MR) is 114 cm³/mol. The van der Waals surface area contributed by atoms with Crippen molar-refractivity contribution in [3.05, 3.63) is 59.7 Å². The van der Waals surface area contributed by atoms with Crippen LogP contribution in [0.15, 0.2) is 48.5 Å². The minimum absolute atomic E-state index is 0.103. The summed E-state index contributed by atoms with van der Waals surface area (Å²) in [5.74, 6) is 0.194. The van der Waals surface area contributed by atoms with E-state index in [1.165, 1.54) is 0 Å². The van der Waals surface area contributed by atoms with E-state index in [9.17, 15) is 9.59 Å². The number of rotatable bonds is 6. The van der Waals surface area contributed by atoms with Crippen LogP contribution in [0.3, 0.4) is 0 Å². The number of hydrogen-bond donors (Lipinski definition) is 3. The van der Waals surface area contributed by atoms with Crippen LogP contribution in [-0.4, -0.2) is 43.3 Å². The van der Waals surface area contributed by atoms with Gasteiger partial charge in [0, 0.05) is 30.0 Å². The minimum atomic E-state index is -0.324. The van der Waals surface area contributed by atoms with Crippen LogP contribution < -0.4 is 20.7 Å². The number of nitrogens with one attached hydrogen (secondary N) is 3. The summed E-state index contributed by atoms with van der Waals surface area (Å²) in [5, 5.41) is 8.60. The Balaban J connectivity index is 1.48. The van der Waals surface area contributed by atoms with E-state index < -0.39 is 0 Å². The van der Waals surface area contributed by atoms with E-state index in [4.69, 9.17) is 21.7 Å². The molecule has 0 bridgehead atoms. The first-order valence-corrected chi connectivity index (χ1v) is 9.72. The third-order valence-corrected chi connectivity index (χ3v) is 4.70. The maximum atomic E-state index is 12.2.